The van der Waals surface area contributed by atoms with Crippen molar-refractivity contribution in [3.05, 3.63) is 40.2 Å². The normalized spacial score (nSPS) is 12.2. The van der Waals surface area contributed by atoms with Gasteiger partial charge in [0.05, 0.1) is 5.02 Å². The molecular weight excluding hydrogens is 249 g/mol. The first kappa shape index (κ1) is 15.2. The molecule has 0 aliphatic carbocycles. The van der Waals surface area contributed by atoms with Gasteiger partial charge in [0.1, 0.15) is 5.82 Å². The highest BCUT2D eigenvalue weighted by Gasteiger charge is 2.02. The summed E-state index contributed by atoms with van der Waals surface area (Å²) in [6.45, 7) is 8.32. The van der Waals surface area contributed by atoms with Crippen molar-refractivity contribution in [3.8, 4) is 0 Å². The molecule has 1 N–H and O–H groups in total. The summed E-state index contributed by atoms with van der Waals surface area (Å²) in [7, 11) is 0. The molecule has 0 aliphatic heterocycles. The molecule has 1 aromatic carbocycles. The van der Waals surface area contributed by atoms with E-state index in [1.54, 1.807) is 6.07 Å². The van der Waals surface area contributed by atoms with Gasteiger partial charge in [-0.15, -0.1) is 0 Å². The van der Waals surface area contributed by atoms with Gasteiger partial charge in [-0.1, -0.05) is 50.1 Å². The SMILES string of the molecule is CC/C(=C/c1ccc(F)cc1Cl)CNCC(C)C. The molecule has 0 heterocycles. The second kappa shape index (κ2) is 7.55. The highest BCUT2D eigenvalue weighted by atomic mass is 35.5. The van der Waals surface area contributed by atoms with E-state index < -0.39 is 0 Å². The first-order valence-corrected chi connectivity index (χ1v) is 6.76. The van der Waals surface area contributed by atoms with Gasteiger partial charge in [0.25, 0.3) is 0 Å². The monoisotopic (exact) mass is 269 g/mol. The first-order valence-electron chi connectivity index (χ1n) is 6.38. The number of halogens is 2. The van der Waals surface area contributed by atoms with Crippen LogP contribution in [0.25, 0.3) is 6.08 Å². The maximum absolute atomic E-state index is 12.9. The molecule has 18 heavy (non-hydrogen) atoms. The van der Waals surface area contributed by atoms with Crippen molar-refractivity contribution >= 4 is 17.7 Å². The van der Waals surface area contributed by atoms with Crippen LogP contribution in [0.4, 0.5) is 4.39 Å². The van der Waals surface area contributed by atoms with Crippen LogP contribution < -0.4 is 5.32 Å². The first-order chi connectivity index (χ1) is 8.52. The summed E-state index contributed by atoms with van der Waals surface area (Å²) < 4.78 is 12.9. The van der Waals surface area contributed by atoms with E-state index in [0.717, 1.165) is 25.1 Å². The Balaban J connectivity index is 2.71. The fourth-order valence-electron chi connectivity index (χ4n) is 1.64. The molecule has 0 amide bonds. The summed E-state index contributed by atoms with van der Waals surface area (Å²) in [6.07, 6.45) is 2.99. The lowest BCUT2D eigenvalue weighted by molar-refractivity contribution is 0.569. The van der Waals surface area contributed by atoms with E-state index in [1.165, 1.54) is 17.7 Å². The predicted molar refractivity (Wildman–Crippen MR) is 77.4 cm³/mol. The van der Waals surface area contributed by atoms with Crippen LogP contribution in [0.15, 0.2) is 23.8 Å². The minimum Gasteiger partial charge on any atom is -0.313 e. The van der Waals surface area contributed by atoms with Crippen molar-refractivity contribution in [1.29, 1.82) is 0 Å². The van der Waals surface area contributed by atoms with E-state index in [4.69, 9.17) is 11.6 Å². The van der Waals surface area contributed by atoms with Crippen molar-refractivity contribution in [1.82, 2.24) is 5.32 Å². The Morgan fingerprint density at radius 1 is 1.44 bits per heavy atom. The van der Waals surface area contributed by atoms with Gasteiger partial charge < -0.3 is 5.32 Å². The summed E-state index contributed by atoms with van der Waals surface area (Å²) in [6, 6.07) is 4.50. The number of nitrogens with one attached hydrogen (secondary N) is 1. The molecule has 0 fully saturated rings. The summed E-state index contributed by atoms with van der Waals surface area (Å²) in [5.74, 6) is 0.339. The van der Waals surface area contributed by atoms with Crippen LogP contribution in [-0.4, -0.2) is 13.1 Å². The second-order valence-corrected chi connectivity index (χ2v) is 5.25. The number of hydrogen-bond acceptors (Lipinski definition) is 1. The third kappa shape index (κ3) is 5.19. The van der Waals surface area contributed by atoms with E-state index in [0.29, 0.717) is 10.9 Å². The van der Waals surface area contributed by atoms with Gasteiger partial charge in [-0.2, -0.15) is 0 Å². The van der Waals surface area contributed by atoms with Crippen molar-refractivity contribution in [2.45, 2.75) is 27.2 Å². The summed E-state index contributed by atoms with van der Waals surface area (Å²) >= 11 is 6.01. The Labute approximate surface area is 114 Å². The molecule has 0 unspecified atom stereocenters. The van der Waals surface area contributed by atoms with Crippen molar-refractivity contribution in [3.63, 3.8) is 0 Å². The van der Waals surface area contributed by atoms with Gasteiger partial charge in [-0.3, -0.25) is 0 Å². The highest BCUT2D eigenvalue weighted by molar-refractivity contribution is 6.32. The van der Waals surface area contributed by atoms with Gasteiger partial charge >= 0.3 is 0 Å². The molecule has 0 saturated carbocycles. The number of rotatable bonds is 6. The zero-order valence-electron chi connectivity index (χ0n) is 11.3. The van der Waals surface area contributed by atoms with Gasteiger partial charge in [-0.05, 0) is 36.6 Å². The molecule has 1 aromatic rings. The molecule has 0 atom stereocenters. The molecule has 0 saturated heterocycles. The predicted octanol–water partition coefficient (Wildman–Crippen LogP) is 4.52. The highest BCUT2D eigenvalue weighted by Crippen LogP contribution is 2.20. The van der Waals surface area contributed by atoms with E-state index in [9.17, 15) is 4.39 Å². The van der Waals surface area contributed by atoms with Gasteiger partial charge in [0, 0.05) is 6.54 Å². The third-order valence-corrected chi connectivity index (χ3v) is 3.01. The number of hydrogen-bond donors (Lipinski definition) is 1. The molecule has 0 bridgehead atoms. The third-order valence-electron chi connectivity index (χ3n) is 2.68. The Morgan fingerprint density at radius 2 is 2.17 bits per heavy atom. The Kier molecular flexibility index (Phi) is 6.37. The standard InChI is InChI=1S/C15H21ClFN/c1-4-12(10-18-9-11(2)3)7-13-5-6-14(17)8-15(13)16/h5-8,11,18H,4,9-10H2,1-3H3/b12-7-. The smallest absolute Gasteiger partial charge is 0.124 e. The quantitative estimate of drug-likeness (QED) is 0.801. The lowest BCUT2D eigenvalue weighted by atomic mass is 10.1. The molecule has 0 aliphatic rings. The van der Waals surface area contributed by atoms with Crippen LogP contribution in [0.1, 0.15) is 32.8 Å². The average Bonchev–Trinajstić information content (AvgIpc) is 2.30. The summed E-state index contributed by atoms with van der Waals surface area (Å²) in [4.78, 5) is 0. The van der Waals surface area contributed by atoms with Crippen LogP contribution in [0.5, 0.6) is 0 Å². The maximum atomic E-state index is 12.9. The van der Waals surface area contributed by atoms with Crippen LogP contribution in [0.2, 0.25) is 5.02 Å². The lowest BCUT2D eigenvalue weighted by Gasteiger charge is -2.10. The van der Waals surface area contributed by atoms with E-state index in [2.05, 4.69) is 26.1 Å². The molecule has 3 heteroatoms. The van der Waals surface area contributed by atoms with Crippen LogP contribution in [-0.2, 0) is 0 Å². The topological polar surface area (TPSA) is 12.0 Å². The number of benzene rings is 1. The molecule has 100 valence electrons. The van der Waals surface area contributed by atoms with E-state index in [1.807, 2.05) is 6.08 Å². The molecule has 1 nitrogen and oxygen atoms in total. The van der Waals surface area contributed by atoms with Gasteiger partial charge in [-0.25, -0.2) is 4.39 Å². The summed E-state index contributed by atoms with van der Waals surface area (Å²) in [5, 5.41) is 3.86. The fraction of sp³-hybridized carbons (Fsp3) is 0.467. The minimum absolute atomic E-state index is 0.298. The van der Waals surface area contributed by atoms with E-state index >= 15 is 0 Å². The van der Waals surface area contributed by atoms with Gasteiger partial charge in [0.15, 0.2) is 0 Å². The largest absolute Gasteiger partial charge is 0.313 e. The molecule has 0 spiro atoms. The lowest BCUT2D eigenvalue weighted by Crippen LogP contribution is -2.21. The zero-order chi connectivity index (χ0) is 13.5. The zero-order valence-corrected chi connectivity index (χ0v) is 12.0. The van der Waals surface area contributed by atoms with Crippen LogP contribution in [0.3, 0.4) is 0 Å². The fourth-order valence-corrected chi connectivity index (χ4v) is 1.86. The molecule has 0 aromatic heterocycles. The average molecular weight is 270 g/mol. The van der Waals surface area contributed by atoms with E-state index in [-0.39, 0.29) is 5.82 Å². The van der Waals surface area contributed by atoms with Crippen LogP contribution in [0, 0.1) is 11.7 Å². The van der Waals surface area contributed by atoms with Crippen molar-refractivity contribution < 1.29 is 4.39 Å². The van der Waals surface area contributed by atoms with Gasteiger partial charge in [0.2, 0.25) is 0 Å². The Bertz CT molecular complexity index is 413. The second-order valence-electron chi connectivity index (χ2n) is 4.85. The van der Waals surface area contributed by atoms with Crippen LogP contribution >= 0.6 is 11.6 Å². The molecule has 0 radical (unpaired) electrons. The molecular formula is C15H21ClFN. The van der Waals surface area contributed by atoms with Crippen molar-refractivity contribution in [2.75, 3.05) is 13.1 Å². The summed E-state index contributed by atoms with van der Waals surface area (Å²) in [5.41, 5.74) is 2.14. The minimum atomic E-state index is -0.298. The Morgan fingerprint density at radius 3 is 2.72 bits per heavy atom. The maximum Gasteiger partial charge on any atom is 0.124 e. The van der Waals surface area contributed by atoms with Crippen molar-refractivity contribution in [2.24, 2.45) is 5.92 Å². The molecule has 1 rings (SSSR count). The Hall–Kier alpha value is -0.860.